The van der Waals surface area contributed by atoms with Crippen molar-refractivity contribution in [1.29, 1.82) is 0 Å². The van der Waals surface area contributed by atoms with Crippen LogP contribution in [0.2, 0.25) is 0 Å². The minimum absolute atomic E-state index is 0.0513. The number of esters is 2. The summed E-state index contributed by atoms with van der Waals surface area (Å²) in [4.78, 5) is 42.1. The largest absolute Gasteiger partial charge is 0.466 e. The summed E-state index contributed by atoms with van der Waals surface area (Å²) in [6.45, 7) is 3.84. The Labute approximate surface area is 158 Å². The molecule has 1 aromatic heterocycles. The molecule has 7 nitrogen and oxygen atoms in total. The van der Waals surface area contributed by atoms with E-state index in [0.717, 1.165) is 10.9 Å². The Balaban J connectivity index is 2.29. The van der Waals surface area contributed by atoms with E-state index in [-0.39, 0.29) is 19.6 Å². The fourth-order valence-corrected chi connectivity index (χ4v) is 2.72. The van der Waals surface area contributed by atoms with Crippen molar-refractivity contribution in [3.63, 3.8) is 0 Å². The number of carbonyl (C=O) groups is 3. The van der Waals surface area contributed by atoms with Crippen LogP contribution in [0.1, 0.15) is 38.4 Å². The molecule has 0 N–H and O–H groups in total. The first-order valence-electron chi connectivity index (χ1n) is 8.88. The third-order valence-corrected chi connectivity index (χ3v) is 4.09. The first-order valence-corrected chi connectivity index (χ1v) is 8.88. The third kappa shape index (κ3) is 5.51. The molecule has 0 saturated heterocycles. The third-order valence-electron chi connectivity index (χ3n) is 4.09. The van der Waals surface area contributed by atoms with Gasteiger partial charge in [0.15, 0.2) is 0 Å². The average molecular weight is 372 g/mol. The minimum Gasteiger partial charge on any atom is -0.466 e. The van der Waals surface area contributed by atoms with Crippen molar-refractivity contribution >= 4 is 28.7 Å². The maximum absolute atomic E-state index is 12.5. The summed E-state index contributed by atoms with van der Waals surface area (Å²) in [5.74, 6) is -1.48. The number of para-hydroxylation sites is 1. The fraction of sp³-hybridized carbons (Fsp3) is 0.400. The van der Waals surface area contributed by atoms with E-state index < -0.39 is 30.3 Å². The van der Waals surface area contributed by atoms with Crippen molar-refractivity contribution in [1.82, 2.24) is 9.88 Å². The van der Waals surface area contributed by atoms with Crippen molar-refractivity contribution < 1.29 is 23.9 Å². The molecule has 0 spiro atoms. The van der Waals surface area contributed by atoms with Crippen LogP contribution < -0.4 is 0 Å². The number of carbonyl (C=O) groups excluding carboxylic acids is 3. The maximum Gasteiger partial charge on any atom is 0.315 e. The Morgan fingerprint density at radius 2 is 1.67 bits per heavy atom. The highest BCUT2D eigenvalue weighted by Crippen LogP contribution is 2.25. The molecule has 1 aromatic carbocycles. The van der Waals surface area contributed by atoms with Crippen LogP contribution in [0.3, 0.4) is 0 Å². The number of nitrogens with zero attached hydrogens (tertiary/aromatic N) is 2. The minimum atomic E-state index is -0.643. The van der Waals surface area contributed by atoms with Crippen molar-refractivity contribution in [2.24, 2.45) is 0 Å². The molecule has 144 valence electrons. The standard InChI is InChI=1S/C20H24N2O5/c1-4-26-19(24)12-17(22(3)18(23)13-20(25)27-5-2)16-11-10-14-8-6-7-9-15(14)21-16/h6-11,17H,4-5,12-13H2,1-3H3. The maximum atomic E-state index is 12.5. The van der Waals surface area contributed by atoms with Crippen LogP contribution in [0.15, 0.2) is 36.4 Å². The molecule has 1 heterocycles. The molecule has 1 amide bonds. The lowest BCUT2D eigenvalue weighted by molar-refractivity contribution is -0.149. The van der Waals surface area contributed by atoms with E-state index in [9.17, 15) is 14.4 Å². The summed E-state index contributed by atoms with van der Waals surface area (Å²) in [6.07, 6.45) is -0.443. The van der Waals surface area contributed by atoms with E-state index in [2.05, 4.69) is 4.98 Å². The molecule has 0 saturated carbocycles. The molecule has 0 fully saturated rings. The predicted molar refractivity (Wildman–Crippen MR) is 99.8 cm³/mol. The summed E-state index contributed by atoms with van der Waals surface area (Å²) < 4.78 is 9.87. The molecule has 0 aliphatic carbocycles. The lowest BCUT2D eigenvalue weighted by atomic mass is 10.1. The first kappa shape index (κ1) is 20.4. The smallest absolute Gasteiger partial charge is 0.315 e. The van der Waals surface area contributed by atoms with Gasteiger partial charge in [-0.25, -0.2) is 0 Å². The second kappa shape index (κ2) is 9.66. The Kier molecular flexibility index (Phi) is 7.28. The van der Waals surface area contributed by atoms with Gasteiger partial charge in [-0.05, 0) is 26.0 Å². The van der Waals surface area contributed by atoms with Crippen molar-refractivity contribution in [3.8, 4) is 0 Å². The molecule has 0 bridgehead atoms. The van der Waals surface area contributed by atoms with Gasteiger partial charge in [-0.1, -0.05) is 24.3 Å². The second-order valence-corrected chi connectivity index (χ2v) is 5.94. The van der Waals surface area contributed by atoms with E-state index in [1.807, 2.05) is 30.3 Å². The van der Waals surface area contributed by atoms with E-state index in [1.54, 1.807) is 27.0 Å². The molecular weight excluding hydrogens is 348 g/mol. The number of hydrogen-bond donors (Lipinski definition) is 0. The van der Waals surface area contributed by atoms with Crippen molar-refractivity contribution in [3.05, 3.63) is 42.1 Å². The van der Waals surface area contributed by atoms with Gasteiger partial charge >= 0.3 is 11.9 Å². The number of benzene rings is 1. The molecule has 0 aliphatic rings. The lowest BCUT2D eigenvalue weighted by Crippen LogP contribution is -2.35. The highest BCUT2D eigenvalue weighted by Gasteiger charge is 2.27. The zero-order valence-electron chi connectivity index (χ0n) is 15.8. The molecule has 0 aliphatic heterocycles. The zero-order chi connectivity index (χ0) is 19.8. The van der Waals surface area contributed by atoms with Crippen LogP contribution in [0.25, 0.3) is 10.9 Å². The van der Waals surface area contributed by atoms with Gasteiger partial charge < -0.3 is 14.4 Å². The summed E-state index contributed by atoms with van der Waals surface area (Å²) >= 11 is 0. The van der Waals surface area contributed by atoms with E-state index in [0.29, 0.717) is 5.69 Å². The van der Waals surface area contributed by atoms with E-state index >= 15 is 0 Å². The molecular formula is C20H24N2O5. The van der Waals surface area contributed by atoms with Crippen LogP contribution in [-0.2, 0) is 23.9 Å². The number of fused-ring (bicyclic) bond motifs is 1. The number of aromatic nitrogens is 1. The Bertz CT molecular complexity index is 821. The van der Waals surface area contributed by atoms with Crippen LogP contribution in [-0.4, -0.2) is 48.0 Å². The summed E-state index contributed by atoms with van der Waals surface area (Å²) in [5.41, 5.74) is 1.32. The Morgan fingerprint density at radius 3 is 2.37 bits per heavy atom. The summed E-state index contributed by atoms with van der Waals surface area (Å²) in [5, 5.41) is 0.955. The van der Waals surface area contributed by atoms with E-state index in [4.69, 9.17) is 9.47 Å². The molecule has 7 heteroatoms. The molecule has 1 unspecified atom stereocenters. The highest BCUT2D eigenvalue weighted by atomic mass is 16.5. The van der Waals surface area contributed by atoms with Crippen LogP contribution >= 0.6 is 0 Å². The fourth-order valence-electron chi connectivity index (χ4n) is 2.72. The lowest BCUT2D eigenvalue weighted by Gasteiger charge is -2.27. The molecule has 0 radical (unpaired) electrons. The van der Waals surface area contributed by atoms with Gasteiger partial charge in [-0.2, -0.15) is 0 Å². The number of pyridine rings is 1. The highest BCUT2D eigenvalue weighted by molar-refractivity contribution is 5.94. The van der Waals surface area contributed by atoms with Crippen LogP contribution in [0, 0.1) is 0 Å². The average Bonchev–Trinajstić information content (AvgIpc) is 2.65. The normalized spacial score (nSPS) is 11.7. The van der Waals surface area contributed by atoms with Gasteiger partial charge in [0.1, 0.15) is 6.42 Å². The van der Waals surface area contributed by atoms with Gasteiger partial charge in [0.25, 0.3) is 0 Å². The van der Waals surface area contributed by atoms with Gasteiger partial charge in [0, 0.05) is 12.4 Å². The zero-order valence-corrected chi connectivity index (χ0v) is 15.8. The first-order chi connectivity index (χ1) is 13.0. The number of amides is 1. The number of hydrogen-bond acceptors (Lipinski definition) is 6. The second-order valence-electron chi connectivity index (χ2n) is 5.94. The van der Waals surface area contributed by atoms with Crippen molar-refractivity contribution in [2.75, 3.05) is 20.3 Å². The number of ether oxygens (including phenoxy) is 2. The topological polar surface area (TPSA) is 85.8 Å². The number of rotatable bonds is 8. The molecule has 2 rings (SSSR count). The van der Waals surface area contributed by atoms with Gasteiger partial charge in [-0.15, -0.1) is 0 Å². The molecule has 1 atom stereocenters. The SMILES string of the molecule is CCOC(=O)CC(=O)N(C)C(CC(=O)OCC)c1ccc2ccccc2n1. The van der Waals surface area contributed by atoms with E-state index in [1.165, 1.54) is 4.90 Å². The van der Waals surface area contributed by atoms with Crippen LogP contribution in [0.5, 0.6) is 0 Å². The van der Waals surface area contributed by atoms with Gasteiger partial charge in [-0.3, -0.25) is 19.4 Å². The van der Waals surface area contributed by atoms with Gasteiger partial charge in [0.05, 0.1) is 36.9 Å². The molecule has 27 heavy (non-hydrogen) atoms. The van der Waals surface area contributed by atoms with Crippen molar-refractivity contribution in [2.45, 2.75) is 32.7 Å². The summed E-state index contributed by atoms with van der Waals surface area (Å²) in [7, 11) is 1.54. The summed E-state index contributed by atoms with van der Waals surface area (Å²) in [6, 6.07) is 10.6. The van der Waals surface area contributed by atoms with Gasteiger partial charge in [0.2, 0.25) is 5.91 Å². The predicted octanol–water partition coefficient (Wildman–Crippen LogP) is 2.64. The Morgan fingerprint density at radius 1 is 1.00 bits per heavy atom. The quantitative estimate of drug-likeness (QED) is 0.523. The Hall–Kier alpha value is -2.96. The van der Waals surface area contributed by atoms with Crippen LogP contribution in [0.4, 0.5) is 0 Å². The molecule has 2 aromatic rings. The monoisotopic (exact) mass is 372 g/mol.